The molecule has 1 aliphatic rings. The predicted molar refractivity (Wildman–Crippen MR) is 131 cm³/mol. The number of thioether (sulfide) groups is 2. The van der Waals surface area contributed by atoms with Crippen LogP contribution in [0.25, 0.3) is 10.8 Å². The van der Waals surface area contributed by atoms with Crippen molar-refractivity contribution in [2.45, 2.75) is 33.7 Å². The number of hydrogen-bond donors (Lipinski definition) is 1. The van der Waals surface area contributed by atoms with Crippen LogP contribution in [-0.2, 0) is 23.4 Å². The van der Waals surface area contributed by atoms with Crippen molar-refractivity contribution in [1.29, 1.82) is 0 Å². The first-order valence-electron chi connectivity index (χ1n) is 10.2. The van der Waals surface area contributed by atoms with E-state index in [1.54, 1.807) is 23.1 Å². The molecule has 4 nitrogen and oxygen atoms in total. The van der Waals surface area contributed by atoms with Gasteiger partial charge < -0.3 is 5.32 Å². The Bertz CT molecular complexity index is 1230. The Balaban J connectivity index is 1.14. The summed E-state index contributed by atoms with van der Waals surface area (Å²) in [5, 5.41) is 14.1. The summed E-state index contributed by atoms with van der Waals surface area (Å²) in [5.41, 5.74) is 4.95. The molecule has 0 aliphatic heterocycles. The molecule has 1 N–H and O–H groups in total. The van der Waals surface area contributed by atoms with E-state index in [1.165, 1.54) is 45.6 Å². The molecule has 4 aromatic rings. The Hall–Kier alpha value is -2.35. The van der Waals surface area contributed by atoms with Crippen LogP contribution >= 0.6 is 34.9 Å². The molecule has 0 saturated carbocycles. The van der Waals surface area contributed by atoms with E-state index in [0.717, 1.165) is 33.0 Å². The minimum atomic E-state index is -0.0110. The van der Waals surface area contributed by atoms with Crippen LogP contribution in [0, 0.1) is 0 Å². The molecule has 1 heterocycles. The van der Waals surface area contributed by atoms with Gasteiger partial charge in [0.2, 0.25) is 5.91 Å². The average Bonchev–Trinajstić information content (AvgIpc) is 3.45. The van der Waals surface area contributed by atoms with Crippen LogP contribution in [0.4, 0.5) is 5.69 Å². The molecule has 0 spiro atoms. The Morgan fingerprint density at radius 1 is 0.935 bits per heavy atom. The molecular weight excluding hydrogens is 442 g/mol. The zero-order valence-corrected chi connectivity index (χ0v) is 19.3. The number of carbonyl (C=O) groups excluding carboxylic acids is 1. The summed E-state index contributed by atoms with van der Waals surface area (Å²) in [6.45, 7) is 0. The molecule has 1 amide bonds. The van der Waals surface area contributed by atoms with E-state index in [0.29, 0.717) is 5.75 Å². The maximum atomic E-state index is 12.3. The van der Waals surface area contributed by atoms with Crippen LogP contribution in [-0.4, -0.2) is 21.9 Å². The quantitative estimate of drug-likeness (QED) is 0.331. The predicted octanol–water partition coefficient (Wildman–Crippen LogP) is 6.20. The normalized spacial score (nSPS) is 12.8. The van der Waals surface area contributed by atoms with Gasteiger partial charge in [-0.05, 0) is 58.9 Å². The van der Waals surface area contributed by atoms with Crippen molar-refractivity contribution in [2.24, 2.45) is 0 Å². The minimum Gasteiger partial charge on any atom is -0.325 e. The Kier molecular flexibility index (Phi) is 6.25. The number of benzene rings is 3. The van der Waals surface area contributed by atoms with Gasteiger partial charge in [-0.15, -0.1) is 10.2 Å². The van der Waals surface area contributed by atoms with Crippen molar-refractivity contribution >= 4 is 57.2 Å². The Morgan fingerprint density at radius 2 is 1.74 bits per heavy atom. The highest BCUT2D eigenvalue weighted by Gasteiger charge is 2.13. The first-order valence-corrected chi connectivity index (χ1v) is 13.0. The van der Waals surface area contributed by atoms with Crippen LogP contribution in [0.3, 0.4) is 0 Å². The zero-order chi connectivity index (χ0) is 21.0. The first kappa shape index (κ1) is 20.5. The van der Waals surface area contributed by atoms with Gasteiger partial charge in [0.15, 0.2) is 8.68 Å². The Morgan fingerprint density at radius 3 is 2.68 bits per heavy atom. The summed E-state index contributed by atoms with van der Waals surface area (Å²) >= 11 is 4.67. The average molecular weight is 464 g/mol. The molecule has 31 heavy (non-hydrogen) atoms. The lowest BCUT2D eigenvalue weighted by Gasteiger charge is -2.06. The number of aromatic nitrogens is 2. The summed E-state index contributed by atoms with van der Waals surface area (Å²) in [5.74, 6) is 1.17. The number of aryl methyl sites for hydroxylation is 2. The highest BCUT2D eigenvalue weighted by atomic mass is 32.2. The largest absolute Gasteiger partial charge is 0.325 e. The molecule has 0 atom stereocenters. The lowest BCUT2D eigenvalue weighted by atomic mass is 10.1. The summed E-state index contributed by atoms with van der Waals surface area (Å²) in [6, 6.07) is 21.1. The second-order valence-electron chi connectivity index (χ2n) is 7.43. The summed E-state index contributed by atoms with van der Waals surface area (Å²) in [7, 11) is 0. The van der Waals surface area contributed by atoms with E-state index in [9.17, 15) is 4.79 Å². The third-order valence-electron chi connectivity index (χ3n) is 5.33. The van der Waals surface area contributed by atoms with Crippen LogP contribution in [0.2, 0.25) is 0 Å². The number of fused-ring (bicyclic) bond motifs is 2. The number of carbonyl (C=O) groups is 1. The van der Waals surface area contributed by atoms with Crippen molar-refractivity contribution in [3.05, 3.63) is 77.4 Å². The SMILES string of the molecule is O=C(CSc1nnc(SCc2cccc3ccccc23)s1)Nc1ccc2c(c1)CCC2. The van der Waals surface area contributed by atoms with Gasteiger partial charge in [0.25, 0.3) is 0 Å². The zero-order valence-electron chi connectivity index (χ0n) is 16.8. The van der Waals surface area contributed by atoms with Gasteiger partial charge in [-0.25, -0.2) is 0 Å². The molecule has 0 unspecified atom stereocenters. The Labute approximate surface area is 193 Å². The summed E-state index contributed by atoms with van der Waals surface area (Å²) in [4.78, 5) is 12.3. The van der Waals surface area contributed by atoms with Crippen molar-refractivity contribution in [3.8, 4) is 0 Å². The van der Waals surface area contributed by atoms with Crippen molar-refractivity contribution in [1.82, 2.24) is 10.2 Å². The van der Waals surface area contributed by atoms with Crippen molar-refractivity contribution in [3.63, 3.8) is 0 Å². The number of amides is 1. The van der Waals surface area contributed by atoms with Gasteiger partial charge in [0, 0.05) is 11.4 Å². The number of rotatable bonds is 7. The number of nitrogens with zero attached hydrogens (tertiary/aromatic N) is 2. The standard InChI is InChI=1S/C24H21N3OS3/c28-22(25-20-12-11-16-6-3-8-18(16)13-20)15-30-24-27-26-23(31-24)29-14-19-9-4-7-17-5-1-2-10-21(17)19/h1-2,4-5,7,9-13H,3,6,8,14-15H2,(H,25,28). The molecule has 1 aromatic heterocycles. The fraction of sp³-hybridized carbons (Fsp3) is 0.208. The molecule has 0 saturated heterocycles. The monoisotopic (exact) mass is 463 g/mol. The van der Waals surface area contributed by atoms with Gasteiger partial charge in [-0.2, -0.15) is 0 Å². The molecule has 0 bridgehead atoms. The molecule has 7 heteroatoms. The van der Waals surface area contributed by atoms with E-state index in [-0.39, 0.29) is 5.91 Å². The van der Waals surface area contributed by atoms with Crippen LogP contribution < -0.4 is 5.32 Å². The smallest absolute Gasteiger partial charge is 0.234 e. The maximum Gasteiger partial charge on any atom is 0.234 e. The van der Waals surface area contributed by atoms with Gasteiger partial charge in [-0.1, -0.05) is 83.4 Å². The van der Waals surface area contributed by atoms with Crippen molar-refractivity contribution < 1.29 is 4.79 Å². The minimum absolute atomic E-state index is 0.0110. The van der Waals surface area contributed by atoms with Crippen molar-refractivity contribution in [2.75, 3.05) is 11.1 Å². The van der Waals surface area contributed by atoms with Gasteiger partial charge in [-0.3, -0.25) is 4.79 Å². The van der Waals surface area contributed by atoms with E-state index in [4.69, 9.17) is 0 Å². The molecule has 156 valence electrons. The first-order chi connectivity index (χ1) is 15.2. The molecule has 3 aromatic carbocycles. The molecule has 0 fully saturated rings. The third-order valence-corrected chi connectivity index (χ3v) is 8.57. The van der Waals surface area contributed by atoms with Crippen LogP contribution in [0.1, 0.15) is 23.1 Å². The van der Waals surface area contributed by atoms with Crippen LogP contribution in [0.5, 0.6) is 0 Å². The number of hydrogen-bond acceptors (Lipinski definition) is 6. The number of nitrogens with one attached hydrogen (secondary N) is 1. The van der Waals surface area contributed by atoms with E-state index in [2.05, 4.69) is 70.1 Å². The second-order valence-corrected chi connectivity index (χ2v) is 10.9. The van der Waals surface area contributed by atoms with Gasteiger partial charge in [0.1, 0.15) is 0 Å². The summed E-state index contributed by atoms with van der Waals surface area (Å²) < 4.78 is 1.75. The lowest BCUT2D eigenvalue weighted by Crippen LogP contribution is -2.14. The molecule has 5 rings (SSSR count). The lowest BCUT2D eigenvalue weighted by molar-refractivity contribution is -0.113. The highest BCUT2D eigenvalue weighted by Crippen LogP contribution is 2.32. The fourth-order valence-electron chi connectivity index (χ4n) is 3.85. The van der Waals surface area contributed by atoms with Gasteiger partial charge in [0.05, 0.1) is 5.75 Å². The molecule has 0 radical (unpaired) electrons. The molecule has 1 aliphatic carbocycles. The van der Waals surface area contributed by atoms with E-state index < -0.39 is 0 Å². The summed E-state index contributed by atoms with van der Waals surface area (Å²) in [6.07, 6.45) is 3.47. The number of anilines is 1. The fourth-order valence-corrected chi connectivity index (χ4v) is 6.67. The third kappa shape index (κ3) is 4.95. The second kappa shape index (κ2) is 9.42. The van der Waals surface area contributed by atoms with Gasteiger partial charge >= 0.3 is 0 Å². The molecular formula is C24H21N3OS3. The van der Waals surface area contributed by atoms with E-state index >= 15 is 0 Å². The van der Waals surface area contributed by atoms with Crippen LogP contribution in [0.15, 0.2) is 69.3 Å². The highest BCUT2D eigenvalue weighted by molar-refractivity contribution is 8.03. The van der Waals surface area contributed by atoms with E-state index in [1.807, 2.05) is 6.07 Å². The topological polar surface area (TPSA) is 54.9 Å². The maximum absolute atomic E-state index is 12.3.